The lowest BCUT2D eigenvalue weighted by Gasteiger charge is -2.18. The van der Waals surface area contributed by atoms with Gasteiger partial charge in [0, 0.05) is 45.1 Å². The maximum Gasteiger partial charge on any atom is 0.257 e. The lowest BCUT2D eigenvalue weighted by Crippen LogP contribution is -2.29. The van der Waals surface area contributed by atoms with Crippen LogP contribution >= 0.6 is 0 Å². The number of fused-ring (bicyclic) bond motifs is 4. The van der Waals surface area contributed by atoms with E-state index in [1.807, 2.05) is 127 Å². The second-order valence-corrected chi connectivity index (χ2v) is 14.3. The van der Waals surface area contributed by atoms with Crippen LogP contribution < -0.4 is 19.8 Å². The Morgan fingerprint density at radius 1 is 0.545 bits per heavy atom. The Morgan fingerprint density at radius 3 is 1.45 bits per heavy atom. The number of rotatable bonds is 7. The molecule has 0 aliphatic carbocycles. The molecule has 0 aliphatic rings. The van der Waals surface area contributed by atoms with Gasteiger partial charge in [0.15, 0.2) is 12.4 Å². The second-order valence-electron chi connectivity index (χ2n) is 14.3. The van der Waals surface area contributed by atoms with Crippen LogP contribution in [0.2, 0.25) is 0 Å². The fourth-order valence-electron chi connectivity index (χ4n) is 8.19. The summed E-state index contributed by atoms with van der Waals surface area (Å²) in [5.41, 5.74) is 11.4. The zero-order valence-electron chi connectivity index (χ0n) is 31.1. The molecule has 4 N–H and O–H groups in total. The molecule has 0 fully saturated rings. The van der Waals surface area contributed by atoms with Gasteiger partial charge < -0.3 is 20.6 Å². The standard InChI is InChI=1S/C47H38N6O2/c1-28-35-18-12-20-37(46(54)48-33-24-31-16-8-10-22-39(31)52(3)26-33)44(35)50-42(28)41(30-14-6-5-7-15-30)43-29(2)36-19-13-21-38(45(36)51-43)47(55)49-34-25-32-17-9-11-23-40(32)53(4)27-34/h5-27,41H,1-4H3,(H2-2,48,49,50,51,54,55)/p+2. The average Bonchev–Trinajstić information content (AvgIpc) is 3.71. The summed E-state index contributed by atoms with van der Waals surface area (Å²) in [6, 6.07) is 42.3. The molecule has 0 aliphatic heterocycles. The van der Waals surface area contributed by atoms with Crippen molar-refractivity contribution in [3.63, 3.8) is 0 Å². The molecule has 55 heavy (non-hydrogen) atoms. The Bertz CT molecular complexity index is 2790. The van der Waals surface area contributed by atoms with Gasteiger partial charge in [0.25, 0.3) is 11.8 Å². The van der Waals surface area contributed by atoms with Crippen molar-refractivity contribution in [3.8, 4) is 0 Å². The first-order valence-corrected chi connectivity index (χ1v) is 18.4. The van der Waals surface area contributed by atoms with Gasteiger partial charge in [0.2, 0.25) is 11.0 Å². The van der Waals surface area contributed by atoms with Crippen LogP contribution in [0.4, 0.5) is 11.4 Å². The fraction of sp³-hybridized carbons (Fsp3) is 0.106. The molecular formula is C47H40N6O2+2. The topological polar surface area (TPSA) is 97.5 Å². The molecule has 0 unspecified atom stereocenters. The van der Waals surface area contributed by atoms with E-state index in [0.717, 1.165) is 83.1 Å². The second kappa shape index (κ2) is 13.4. The van der Waals surface area contributed by atoms with E-state index in [1.165, 1.54) is 0 Å². The maximum atomic E-state index is 14.0. The van der Waals surface area contributed by atoms with E-state index in [4.69, 9.17) is 0 Å². The first kappa shape index (κ1) is 33.8. The molecular weight excluding hydrogens is 681 g/mol. The summed E-state index contributed by atoms with van der Waals surface area (Å²) in [5, 5.41) is 10.3. The van der Waals surface area contributed by atoms with Crippen LogP contribution in [0.25, 0.3) is 43.6 Å². The van der Waals surface area contributed by atoms with Gasteiger partial charge in [-0.05, 0) is 66.9 Å². The van der Waals surface area contributed by atoms with Crippen molar-refractivity contribution in [2.24, 2.45) is 14.1 Å². The summed E-state index contributed by atoms with van der Waals surface area (Å²) in [6.45, 7) is 4.21. The van der Waals surface area contributed by atoms with Crippen molar-refractivity contribution in [1.29, 1.82) is 0 Å². The van der Waals surface area contributed by atoms with Gasteiger partial charge in [-0.25, -0.2) is 0 Å². The zero-order chi connectivity index (χ0) is 37.8. The summed E-state index contributed by atoms with van der Waals surface area (Å²) < 4.78 is 4.04. The van der Waals surface area contributed by atoms with Crippen LogP contribution in [0.15, 0.2) is 140 Å². The van der Waals surface area contributed by atoms with Gasteiger partial charge in [-0.3, -0.25) is 9.59 Å². The molecule has 2 amide bonds. The predicted octanol–water partition coefficient (Wildman–Crippen LogP) is 8.91. The quantitative estimate of drug-likeness (QED) is 0.124. The number of amides is 2. The largest absolute Gasteiger partial charge is 0.357 e. The van der Waals surface area contributed by atoms with Crippen LogP contribution in [0.5, 0.6) is 0 Å². The van der Waals surface area contributed by atoms with E-state index < -0.39 is 0 Å². The minimum atomic E-state index is -0.244. The number of nitrogens with zero attached hydrogens (tertiary/aromatic N) is 2. The SMILES string of the molecule is Cc1c(C(c2ccccc2)c2[nH]c3c(C(=O)Nc4cc5ccccc5[n+](C)c4)cccc3c2C)[nH]c2c(C(=O)Nc3cc4ccccc4[n+](C)c3)cccc12. The van der Waals surface area contributed by atoms with E-state index >= 15 is 0 Å². The lowest BCUT2D eigenvalue weighted by atomic mass is 9.88. The van der Waals surface area contributed by atoms with E-state index in [2.05, 4.69) is 70.8 Å². The van der Waals surface area contributed by atoms with Gasteiger partial charge in [-0.2, -0.15) is 9.13 Å². The van der Waals surface area contributed by atoms with E-state index in [1.54, 1.807) is 0 Å². The van der Waals surface area contributed by atoms with Crippen LogP contribution in [0.1, 0.15) is 54.7 Å². The van der Waals surface area contributed by atoms with Gasteiger partial charge in [-0.1, -0.05) is 78.9 Å². The first-order chi connectivity index (χ1) is 26.7. The molecule has 4 heterocycles. The van der Waals surface area contributed by atoms with Gasteiger partial charge in [0.1, 0.15) is 25.5 Å². The van der Waals surface area contributed by atoms with Gasteiger partial charge in [0.05, 0.1) is 28.1 Å². The Labute approximate surface area is 318 Å². The number of pyridine rings is 2. The zero-order valence-corrected chi connectivity index (χ0v) is 31.1. The van der Waals surface area contributed by atoms with Crippen molar-refractivity contribution in [1.82, 2.24) is 9.97 Å². The molecule has 8 nitrogen and oxygen atoms in total. The Kier molecular flexibility index (Phi) is 8.23. The van der Waals surface area contributed by atoms with Crippen molar-refractivity contribution in [2.45, 2.75) is 19.8 Å². The minimum Gasteiger partial charge on any atom is -0.357 e. The third-order valence-electron chi connectivity index (χ3n) is 10.9. The molecule has 0 saturated heterocycles. The number of H-pyrrole nitrogens is 2. The first-order valence-electron chi connectivity index (χ1n) is 18.4. The number of para-hydroxylation sites is 4. The number of anilines is 2. The number of carbonyl (C=O) groups is 2. The third kappa shape index (κ3) is 5.88. The molecule has 268 valence electrons. The molecule has 0 radical (unpaired) electrons. The molecule has 0 spiro atoms. The highest BCUT2D eigenvalue weighted by Gasteiger charge is 2.28. The molecule has 8 heteroatoms. The minimum absolute atomic E-state index is 0.192. The molecule has 0 bridgehead atoms. The number of aromatic amines is 2. The van der Waals surface area contributed by atoms with E-state index in [-0.39, 0.29) is 17.7 Å². The van der Waals surface area contributed by atoms with Crippen molar-refractivity contribution in [2.75, 3.05) is 10.6 Å². The molecule has 0 atom stereocenters. The highest BCUT2D eigenvalue weighted by atomic mass is 16.2. The van der Waals surface area contributed by atoms with Crippen LogP contribution in [-0.2, 0) is 14.1 Å². The smallest absolute Gasteiger partial charge is 0.257 e. The summed E-state index contributed by atoms with van der Waals surface area (Å²) in [4.78, 5) is 35.5. The molecule has 0 saturated carbocycles. The predicted molar refractivity (Wildman–Crippen MR) is 220 cm³/mol. The van der Waals surface area contributed by atoms with Crippen LogP contribution in [0.3, 0.4) is 0 Å². The Balaban J connectivity index is 1.12. The lowest BCUT2D eigenvalue weighted by molar-refractivity contribution is -0.644. The summed E-state index contributed by atoms with van der Waals surface area (Å²) in [7, 11) is 3.96. The Hall–Kier alpha value is -7.06. The molecule has 4 aromatic heterocycles. The molecule has 9 aromatic rings. The number of aryl methyl sites for hydroxylation is 4. The van der Waals surface area contributed by atoms with Crippen molar-refractivity contribution >= 4 is 66.8 Å². The Morgan fingerprint density at radius 2 is 0.982 bits per heavy atom. The monoisotopic (exact) mass is 720 g/mol. The van der Waals surface area contributed by atoms with Gasteiger partial charge in [-0.15, -0.1) is 0 Å². The summed E-state index contributed by atoms with van der Waals surface area (Å²) in [5.74, 6) is -0.628. The van der Waals surface area contributed by atoms with Crippen molar-refractivity contribution < 1.29 is 18.7 Å². The number of hydrogen-bond donors (Lipinski definition) is 4. The molecule has 5 aromatic carbocycles. The number of aromatic nitrogens is 4. The highest BCUT2D eigenvalue weighted by Crippen LogP contribution is 2.40. The average molecular weight is 721 g/mol. The number of carbonyl (C=O) groups excluding carboxylic acids is 2. The van der Waals surface area contributed by atoms with E-state index in [0.29, 0.717) is 11.1 Å². The van der Waals surface area contributed by atoms with E-state index in [9.17, 15) is 9.59 Å². The van der Waals surface area contributed by atoms with Crippen LogP contribution in [-0.4, -0.2) is 21.8 Å². The van der Waals surface area contributed by atoms with Crippen molar-refractivity contribution in [3.05, 3.63) is 179 Å². The number of nitrogens with one attached hydrogen (secondary N) is 4. The molecule has 9 rings (SSSR count). The number of hydrogen-bond acceptors (Lipinski definition) is 2. The fourth-order valence-corrected chi connectivity index (χ4v) is 8.19. The highest BCUT2D eigenvalue weighted by molar-refractivity contribution is 6.14. The maximum absolute atomic E-state index is 14.0. The summed E-state index contributed by atoms with van der Waals surface area (Å²) >= 11 is 0. The van der Waals surface area contributed by atoms with Crippen LogP contribution in [0, 0.1) is 13.8 Å². The normalized spacial score (nSPS) is 11.6. The number of benzene rings is 5. The summed E-state index contributed by atoms with van der Waals surface area (Å²) in [6.07, 6.45) is 3.87. The third-order valence-corrected chi connectivity index (χ3v) is 10.9. The van der Waals surface area contributed by atoms with Gasteiger partial charge >= 0.3 is 0 Å².